The van der Waals surface area contributed by atoms with E-state index in [1.165, 1.54) is 13.6 Å². The molecule has 1 atom stereocenters. The van der Waals surface area contributed by atoms with Crippen molar-refractivity contribution in [3.8, 4) is 0 Å². The van der Waals surface area contributed by atoms with Crippen LogP contribution >= 0.6 is 8.58 Å². The maximum Gasteiger partial charge on any atom is 0.168 e. The smallest absolute Gasteiger partial charge is 0.168 e. The summed E-state index contributed by atoms with van der Waals surface area (Å²) in [6, 6.07) is 0. The van der Waals surface area contributed by atoms with Gasteiger partial charge >= 0.3 is 0 Å². The van der Waals surface area contributed by atoms with Gasteiger partial charge in [0.15, 0.2) is 17.5 Å². The summed E-state index contributed by atoms with van der Waals surface area (Å²) >= 11 is 0. The number of hydrogen-bond acceptors (Lipinski definition) is 0. The third kappa shape index (κ3) is 3.26. The van der Waals surface area contributed by atoms with Crippen molar-refractivity contribution >= 4 is 8.58 Å². The molecule has 1 unspecified atom stereocenters. The van der Waals surface area contributed by atoms with E-state index in [0.717, 1.165) is 13.0 Å². The Morgan fingerprint density at radius 1 is 1.07 bits per heavy atom. The highest BCUT2D eigenvalue weighted by atomic mass is 31.1. The van der Waals surface area contributed by atoms with Crippen LogP contribution in [0.5, 0.6) is 0 Å². The van der Waals surface area contributed by atoms with Crippen molar-refractivity contribution < 1.29 is 17.6 Å². The van der Waals surface area contributed by atoms with Gasteiger partial charge in [-0.05, 0) is 26.6 Å². The topological polar surface area (TPSA) is 0 Å². The van der Waals surface area contributed by atoms with E-state index in [1.807, 2.05) is 0 Å². The van der Waals surface area contributed by atoms with E-state index in [4.69, 9.17) is 0 Å². The number of hydrogen-bond donors (Lipinski definition) is 0. The highest BCUT2D eigenvalue weighted by molar-refractivity contribution is 7.42. The molecule has 0 N–H and O–H groups in total. The minimum atomic E-state index is -1.33. The van der Waals surface area contributed by atoms with Gasteiger partial charge in [-0.15, -0.1) is 0 Å². The normalized spacial score (nSPS) is 17.2. The lowest BCUT2D eigenvalue weighted by molar-refractivity contribution is 0.520. The molecular weight excluding hydrogens is 215 g/mol. The van der Waals surface area contributed by atoms with E-state index < -0.39 is 28.6 Å². The largest absolute Gasteiger partial charge is 0.209 e. The zero-order valence-electron chi connectivity index (χ0n) is 8.09. The van der Waals surface area contributed by atoms with Crippen LogP contribution in [0.2, 0.25) is 0 Å². The standard InChI is InChI=1S/C9H11F4P/c1-4-6(11)8(13)9(14-3)7(12)5(2)10/h4,14H,1-3H3/b6-4-,7-5-,9-8-. The quantitative estimate of drug-likeness (QED) is 0.377. The van der Waals surface area contributed by atoms with Crippen LogP contribution in [0.25, 0.3) is 0 Å². The van der Waals surface area contributed by atoms with Gasteiger partial charge in [0, 0.05) is 5.31 Å². The van der Waals surface area contributed by atoms with Crippen molar-refractivity contribution in [2.75, 3.05) is 6.66 Å². The minimum Gasteiger partial charge on any atom is -0.209 e. The van der Waals surface area contributed by atoms with Crippen molar-refractivity contribution in [1.82, 2.24) is 0 Å². The summed E-state index contributed by atoms with van der Waals surface area (Å²) in [6.07, 6.45) is 0.857. The molecule has 0 saturated heterocycles. The average molecular weight is 226 g/mol. The van der Waals surface area contributed by atoms with E-state index in [0.29, 0.717) is 0 Å². The summed E-state index contributed by atoms with van der Waals surface area (Å²) in [7, 11) is -0.351. The second-order valence-corrected chi connectivity index (χ2v) is 3.42. The van der Waals surface area contributed by atoms with Crippen LogP contribution < -0.4 is 0 Å². The molecule has 0 heterocycles. The Morgan fingerprint density at radius 2 is 1.57 bits per heavy atom. The molecule has 0 rings (SSSR count). The molecule has 0 aliphatic carbocycles. The lowest BCUT2D eigenvalue weighted by Gasteiger charge is -2.03. The SMILES string of the molecule is C/C=C(F)/C(F)=C(PC)\C(F)=C(/C)F. The van der Waals surface area contributed by atoms with Gasteiger partial charge in [-0.3, -0.25) is 0 Å². The van der Waals surface area contributed by atoms with E-state index in [-0.39, 0.29) is 8.58 Å². The van der Waals surface area contributed by atoms with Crippen LogP contribution in [0, 0.1) is 0 Å². The molecule has 5 heteroatoms. The Bertz CT molecular complexity index is 298. The summed E-state index contributed by atoms with van der Waals surface area (Å²) in [4.78, 5) is 0. The first-order chi connectivity index (χ1) is 6.45. The molecule has 0 radical (unpaired) electrons. The monoisotopic (exact) mass is 226 g/mol. The Kier molecular flexibility index (Phi) is 5.70. The fraction of sp³-hybridized carbons (Fsp3) is 0.333. The van der Waals surface area contributed by atoms with Crippen LogP contribution in [-0.4, -0.2) is 6.66 Å². The van der Waals surface area contributed by atoms with Crippen LogP contribution in [0.15, 0.2) is 34.7 Å². The highest BCUT2D eigenvalue weighted by Crippen LogP contribution is 2.36. The maximum absolute atomic E-state index is 13.1. The van der Waals surface area contributed by atoms with Crippen LogP contribution in [0.1, 0.15) is 13.8 Å². The molecule has 0 aliphatic rings. The van der Waals surface area contributed by atoms with Gasteiger partial charge in [0.05, 0.1) is 0 Å². The first-order valence-electron chi connectivity index (χ1n) is 3.87. The van der Waals surface area contributed by atoms with Crippen molar-refractivity contribution in [2.45, 2.75) is 13.8 Å². The number of allylic oxidation sites excluding steroid dienone is 6. The molecule has 0 aliphatic heterocycles. The van der Waals surface area contributed by atoms with E-state index in [9.17, 15) is 17.6 Å². The second-order valence-electron chi connectivity index (χ2n) is 2.42. The predicted molar refractivity (Wildman–Crippen MR) is 52.2 cm³/mol. The van der Waals surface area contributed by atoms with Gasteiger partial charge < -0.3 is 0 Å². The van der Waals surface area contributed by atoms with E-state index in [2.05, 4.69) is 0 Å². The average Bonchev–Trinajstić information content (AvgIpc) is 2.17. The van der Waals surface area contributed by atoms with Gasteiger partial charge in [-0.25, -0.2) is 17.6 Å². The fourth-order valence-corrected chi connectivity index (χ4v) is 1.46. The van der Waals surface area contributed by atoms with E-state index >= 15 is 0 Å². The number of halogens is 4. The molecule has 14 heavy (non-hydrogen) atoms. The highest BCUT2D eigenvalue weighted by Gasteiger charge is 2.16. The maximum atomic E-state index is 13.1. The molecule has 0 nitrogen and oxygen atoms in total. The molecule has 0 amide bonds. The Balaban J connectivity index is 5.37. The van der Waals surface area contributed by atoms with Gasteiger partial charge in [0.2, 0.25) is 0 Å². The molecule has 0 bridgehead atoms. The first-order valence-corrected chi connectivity index (χ1v) is 5.37. The van der Waals surface area contributed by atoms with Gasteiger partial charge in [-0.2, -0.15) is 0 Å². The van der Waals surface area contributed by atoms with Crippen molar-refractivity contribution in [2.24, 2.45) is 0 Å². The second kappa shape index (κ2) is 5.97. The lowest BCUT2D eigenvalue weighted by Crippen LogP contribution is -1.86. The zero-order chi connectivity index (χ0) is 11.3. The summed E-state index contributed by atoms with van der Waals surface area (Å²) < 4.78 is 51.2. The third-order valence-electron chi connectivity index (χ3n) is 1.45. The lowest BCUT2D eigenvalue weighted by atomic mass is 10.3. The molecule has 0 saturated carbocycles. The van der Waals surface area contributed by atoms with Gasteiger partial charge in [-0.1, -0.05) is 8.58 Å². The van der Waals surface area contributed by atoms with Crippen LogP contribution in [0.3, 0.4) is 0 Å². The zero-order valence-corrected chi connectivity index (χ0v) is 9.09. The molecule has 80 valence electrons. The fourth-order valence-electron chi connectivity index (χ4n) is 0.734. The van der Waals surface area contributed by atoms with Crippen molar-refractivity contribution in [3.63, 3.8) is 0 Å². The third-order valence-corrected chi connectivity index (χ3v) is 2.39. The Hall–Kier alpha value is -0.630. The summed E-state index contributed by atoms with van der Waals surface area (Å²) in [6.45, 7) is 3.58. The minimum absolute atomic E-state index is 0.351. The van der Waals surface area contributed by atoms with Crippen LogP contribution in [-0.2, 0) is 0 Å². The summed E-state index contributed by atoms with van der Waals surface area (Å²) in [5.74, 6) is -4.97. The summed E-state index contributed by atoms with van der Waals surface area (Å²) in [5.41, 5.74) is 0. The van der Waals surface area contributed by atoms with E-state index in [1.54, 1.807) is 0 Å². The Morgan fingerprint density at radius 3 is 1.86 bits per heavy atom. The molecule has 0 fully saturated rings. The van der Waals surface area contributed by atoms with Crippen LogP contribution in [0.4, 0.5) is 17.6 Å². The van der Waals surface area contributed by atoms with Gasteiger partial charge in [0.25, 0.3) is 0 Å². The number of rotatable bonds is 3. The van der Waals surface area contributed by atoms with Crippen molar-refractivity contribution in [1.29, 1.82) is 0 Å². The molecule has 0 spiro atoms. The predicted octanol–water partition coefficient (Wildman–Crippen LogP) is 4.52. The summed E-state index contributed by atoms with van der Waals surface area (Å²) in [5, 5.41) is -0.555. The molecule has 0 aromatic carbocycles. The van der Waals surface area contributed by atoms with Gasteiger partial charge in [0.1, 0.15) is 5.83 Å². The first kappa shape index (κ1) is 13.4. The Labute approximate surface area is 82.2 Å². The molecular formula is C9H11F4P. The van der Waals surface area contributed by atoms with Crippen molar-refractivity contribution in [3.05, 3.63) is 34.7 Å². The molecule has 0 aromatic heterocycles. The molecule has 0 aromatic rings.